The number of carbonyl (C=O) groups excluding carboxylic acids is 2. The molecular weight excluding hydrogens is 182 g/mol. The lowest BCUT2D eigenvalue weighted by Gasteiger charge is -2.04. The minimum Gasteiger partial charge on any atom is -0.399 e. The zero-order chi connectivity index (χ0) is 10.1. The topological polar surface area (TPSA) is 84.2 Å². The first-order chi connectivity index (χ1) is 6.68. The fraction of sp³-hybridized carbons (Fsp3) is 0.111. The SMILES string of the molecule is Nc1cccc(C2C(=O)NNC2=O)c1. The molecule has 1 aliphatic rings. The van der Waals surface area contributed by atoms with Crippen LogP contribution in [0.25, 0.3) is 0 Å². The van der Waals surface area contributed by atoms with E-state index >= 15 is 0 Å². The molecule has 1 heterocycles. The maximum absolute atomic E-state index is 11.3. The Morgan fingerprint density at radius 3 is 2.36 bits per heavy atom. The van der Waals surface area contributed by atoms with Crippen LogP contribution in [0.2, 0.25) is 0 Å². The molecule has 1 aliphatic heterocycles. The number of nitrogen functional groups attached to an aromatic ring is 1. The van der Waals surface area contributed by atoms with E-state index < -0.39 is 5.92 Å². The first kappa shape index (κ1) is 8.55. The molecule has 0 radical (unpaired) electrons. The van der Waals surface area contributed by atoms with Crippen LogP contribution in [0.5, 0.6) is 0 Å². The second kappa shape index (κ2) is 3.02. The second-order valence-electron chi connectivity index (χ2n) is 3.08. The molecule has 5 heteroatoms. The van der Waals surface area contributed by atoms with Gasteiger partial charge in [0.2, 0.25) is 0 Å². The molecule has 1 fully saturated rings. The lowest BCUT2D eigenvalue weighted by atomic mass is 9.98. The van der Waals surface area contributed by atoms with Crippen LogP contribution in [0, 0.1) is 0 Å². The van der Waals surface area contributed by atoms with Gasteiger partial charge in [0, 0.05) is 5.69 Å². The summed E-state index contributed by atoms with van der Waals surface area (Å²) in [5.41, 5.74) is 11.2. The van der Waals surface area contributed by atoms with Crippen molar-refractivity contribution in [2.75, 3.05) is 5.73 Å². The number of nitrogens with two attached hydrogens (primary N) is 1. The van der Waals surface area contributed by atoms with Gasteiger partial charge in [-0.2, -0.15) is 0 Å². The molecule has 0 unspecified atom stereocenters. The lowest BCUT2D eigenvalue weighted by molar-refractivity contribution is -0.124. The predicted molar refractivity (Wildman–Crippen MR) is 49.9 cm³/mol. The van der Waals surface area contributed by atoms with Crippen molar-refractivity contribution in [3.63, 3.8) is 0 Å². The molecule has 1 aromatic carbocycles. The zero-order valence-corrected chi connectivity index (χ0v) is 7.28. The van der Waals surface area contributed by atoms with Gasteiger partial charge in [-0.05, 0) is 17.7 Å². The highest BCUT2D eigenvalue weighted by Gasteiger charge is 2.34. The van der Waals surface area contributed by atoms with Crippen molar-refractivity contribution in [3.8, 4) is 0 Å². The van der Waals surface area contributed by atoms with E-state index in [-0.39, 0.29) is 11.8 Å². The predicted octanol–water partition coefficient (Wildman–Crippen LogP) is -0.487. The Morgan fingerprint density at radius 2 is 1.79 bits per heavy atom. The summed E-state index contributed by atoms with van der Waals surface area (Å²) in [6.07, 6.45) is 0. The van der Waals surface area contributed by atoms with E-state index in [2.05, 4.69) is 10.9 Å². The van der Waals surface area contributed by atoms with Gasteiger partial charge >= 0.3 is 0 Å². The van der Waals surface area contributed by atoms with E-state index in [1.54, 1.807) is 24.3 Å². The molecule has 5 nitrogen and oxygen atoms in total. The summed E-state index contributed by atoms with van der Waals surface area (Å²) in [4.78, 5) is 22.5. The molecule has 14 heavy (non-hydrogen) atoms. The molecule has 0 bridgehead atoms. The lowest BCUT2D eigenvalue weighted by Crippen LogP contribution is -2.28. The van der Waals surface area contributed by atoms with Gasteiger partial charge < -0.3 is 5.73 Å². The van der Waals surface area contributed by atoms with Gasteiger partial charge in [-0.3, -0.25) is 20.4 Å². The molecule has 1 saturated heterocycles. The highest BCUT2D eigenvalue weighted by molar-refractivity contribution is 6.10. The van der Waals surface area contributed by atoms with Crippen LogP contribution in [-0.2, 0) is 9.59 Å². The molecule has 0 atom stereocenters. The second-order valence-corrected chi connectivity index (χ2v) is 3.08. The molecule has 2 amide bonds. The number of benzene rings is 1. The highest BCUT2D eigenvalue weighted by atomic mass is 16.2. The third kappa shape index (κ3) is 1.28. The van der Waals surface area contributed by atoms with Crippen LogP contribution in [0.15, 0.2) is 24.3 Å². The fourth-order valence-electron chi connectivity index (χ4n) is 1.43. The number of hydrogen-bond acceptors (Lipinski definition) is 3. The minimum absolute atomic E-state index is 0.347. The van der Waals surface area contributed by atoms with Crippen LogP contribution in [0.3, 0.4) is 0 Å². The Morgan fingerprint density at radius 1 is 1.14 bits per heavy atom. The van der Waals surface area contributed by atoms with E-state index in [0.29, 0.717) is 11.3 Å². The van der Waals surface area contributed by atoms with E-state index in [1.165, 1.54) is 0 Å². The normalized spacial score (nSPS) is 16.6. The Balaban J connectivity index is 2.39. The molecule has 0 aliphatic carbocycles. The molecule has 0 spiro atoms. The monoisotopic (exact) mass is 191 g/mol. The van der Waals surface area contributed by atoms with Gasteiger partial charge in [0.05, 0.1) is 0 Å². The number of rotatable bonds is 1. The summed E-state index contributed by atoms with van der Waals surface area (Å²) in [5, 5.41) is 0. The maximum Gasteiger partial charge on any atom is 0.255 e. The van der Waals surface area contributed by atoms with E-state index in [0.717, 1.165) is 0 Å². The van der Waals surface area contributed by atoms with Gasteiger partial charge in [0.1, 0.15) is 5.92 Å². The number of carbonyl (C=O) groups is 2. The van der Waals surface area contributed by atoms with Crippen LogP contribution >= 0.6 is 0 Å². The number of amides is 2. The number of hydrazine groups is 1. The fourth-order valence-corrected chi connectivity index (χ4v) is 1.43. The zero-order valence-electron chi connectivity index (χ0n) is 7.28. The summed E-state index contributed by atoms with van der Waals surface area (Å²) in [6.45, 7) is 0. The summed E-state index contributed by atoms with van der Waals surface area (Å²) in [5.74, 6) is -1.47. The van der Waals surface area contributed by atoms with E-state index in [1.807, 2.05) is 0 Å². The smallest absolute Gasteiger partial charge is 0.255 e. The standard InChI is InChI=1S/C9H9N3O2/c10-6-3-1-2-5(4-6)7-8(13)11-12-9(7)14/h1-4,7H,10H2,(H,11,13)(H,12,14). The summed E-state index contributed by atoms with van der Waals surface area (Å²) < 4.78 is 0. The van der Waals surface area contributed by atoms with Crippen molar-refractivity contribution in [1.82, 2.24) is 10.9 Å². The highest BCUT2D eigenvalue weighted by Crippen LogP contribution is 2.20. The van der Waals surface area contributed by atoms with Crippen LogP contribution in [0.1, 0.15) is 11.5 Å². The van der Waals surface area contributed by atoms with E-state index in [9.17, 15) is 9.59 Å². The van der Waals surface area contributed by atoms with Crippen molar-refractivity contribution >= 4 is 17.5 Å². The molecular formula is C9H9N3O2. The van der Waals surface area contributed by atoms with Crippen LogP contribution < -0.4 is 16.6 Å². The number of nitrogens with one attached hydrogen (secondary N) is 2. The van der Waals surface area contributed by atoms with Crippen molar-refractivity contribution in [2.45, 2.75) is 5.92 Å². The first-order valence-corrected chi connectivity index (χ1v) is 4.13. The average Bonchev–Trinajstić information content (AvgIpc) is 2.46. The third-order valence-electron chi connectivity index (χ3n) is 2.08. The van der Waals surface area contributed by atoms with Crippen molar-refractivity contribution in [3.05, 3.63) is 29.8 Å². The maximum atomic E-state index is 11.3. The Kier molecular flexibility index (Phi) is 1.85. The van der Waals surface area contributed by atoms with E-state index in [4.69, 9.17) is 5.73 Å². The van der Waals surface area contributed by atoms with Crippen molar-refractivity contribution < 1.29 is 9.59 Å². The summed E-state index contributed by atoms with van der Waals surface area (Å²) in [6, 6.07) is 6.73. The van der Waals surface area contributed by atoms with Crippen molar-refractivity contribution in [2.24, 2.45) is 0 Å². The summed E-state index contributed by atoms with van der Waals surface area (Å²) >= 11 is 0. The van der Waals surface area contributed by atoms with Gasteiger partial charge in [0.15, 0.2) is 0 Å². The molecule has 4 N–H and O–H groups in total. The molecule has 1 aromatic rings. The molecule has 0 aromatic heterocycles. The van der Waals surface area contributed by atoms with Gasteiger partial charge in [-0.1, -0.05) is 12.1 Å². The van der Waals surface area contributed by atoms with Crippen molar-refractivity contribution in [1.29, 1.82) is 0 Å². The van der Waals surface area contributed by atoms with Gasteiger partial charge in [-0.15, -0.1) is 0 Å². The number of hydrogen-bond donors (Lipinski definition) is 3. The molecule has 72 valence electrons. The van der Waals surface area contributed by atoms with Gasteiger partial charge in [0.25, 0.3) is 11.8 Å². The quantitative estimate of drug-likeness (QED) is 0.414. The minimum atomic E-state index is -0.779. The molecule has 2 rings (SSSR count). The Bertz CT molecular complexity index is 387. The van der Waals surface area contributed by atoms with Gasteiger partial charge in [-0.25, -0.2) is 0 Å². The molecule has 0 saturated carbocycles. The van der Waals surface area contributed by atoms with Crippen LogP contribution in [0.4, 0.5) is 5.69 Å². The number of anilines is 1. The Hall–Kier alpha value is -2.04. The summed E-state index contributed by atoms with van der Waals surface area (Å²) in [7, 11) is 0. The first-order valence-electron chi connectivity index (χ1n) is 4.13. The average molecular weight is 191 g/mol. The van der Waals surface area contributed by atoms with Crippen LogP contribution in [-0.4, -0.2) is 11.8 Å². The Labute approximate surface area is 80.3 Å². The third-order valence-corrected chi connectivity index (χ3v) is 2.08. The largest absolute Gasteiger partial charge is 0.399 e.